The predicted molar refractivity (Wildman–Crippen MR) is 134 cm³/mol. The van der Waals surface area contributed by atoms with Crippen LogP contribution in [0.1, 0.15) is 32.0 Å². The summed E-state index contributed by atoms with van der Waals surface area (Å²) in [5.41, 5.74) is 3.05. The molecule has 0 aliphatic rings. The van der Waals surface area contributed by atoms with Crippen LogP contribution in [0.2, 0.25) is 5.02 Å². The van der Waals surface area contributed by atoms with Crippen LogP contribution >= 0.6 is 11.6 Å². The maximum Gasteiger partial charge on any atom is 0.258 e. The molecule has 3 aromatic rings. The van der Waals surface area contributed by atoms with Crippen molar-refractivity contribution in [3.63, 3.8) is 0 Å². The van der Waals surface area contributed by atoms with Gasteiger partial charge in [-0.2, -0.15) is 0 Å². The Bertz CT molecular complexity index is 1090. The molecular weight excluding hydrogens is 426 g/mol. The molecular formula is C26H32ClNO4. The standard InChI is InChI=1S/C19H16ClNO2.C4H10O.C2H2.CH4O/c1-12-3-8-15-16(11-12)18(13-4-6-14(20)7-5-13)17(9-10-22)21(2)19(15)23;1-4(2,3)5;2*1-2/h3-8,10-11H,9H2,1-2H3;5H,1-3H3;1-2H;2H,1H3. The van der Waals surface area contributed by atoms with Crippen molar-refractivity contribution in [2.75, 3.05) is 7.11 Å². The number of aldehydes is 1. The first kappa shape index (κ1) is 29.1. The number of carbonyl (C=O) groups is 1. The molecule has 5 nitrogen and oxygen atoms in total. The molecule has 32 heavy (non-hydrogen) atoms. The highest BCUT2D eigenvalue weighted by Crippen LogP contribution is 2.32. The second-order valence-corrected chi connectivity index (χ2v) is 8.22. The molecule has 0 aliphatic carbocycles. The summed E-state index contributed by atoms with van der Waals surface area (Å²) in [5.74, 6) is 0. The summed E-state index contributed by atoms with van der Waals surface area (Å²) in [7, 11) is 2.71. The van der Waals surface area contributed by atoms with Crippen molar-refractivity contribution < 1.29 is 15.0 Å². The zero-order valence-corrected chi connectivity index (χ0v) is 20.3. The molecule has 0 spiro atoms. The van der Waals surface area contributed by atoms with Gasteiger partial charge in [0.2, 0.25) is 0 Å². The zero-order chi connectivity index (χ0) is 25.1. The molecule has 2 N–H and O–H groups in total. The van der Waals surface area contributed by atoms with Crippen LogP contribution in [0.25, 0.3) is 21.9 Å². The number of carbonyl (C=O) groups excluding carboxylic acids is 1. The summed E-state index contributed by atoms with van der Waals surface area (Å²) < 4.78 is 1.57. The summed E-state index contributed by atoms with van der Waals surface area (Å²) >= 11 is 5.99. The van der Waals surface area contributed by atoms with Gasteiger partial charge in [0.15, 0.2) is 0 Å². The van der Waals surface area contributed by atoms with Crippen molar-refractivity contribution in [1.29, 1.82) is 0 Å². The van der Waals surface area contributed by atoms with E-state index in [0.717, 1.165) is 35.5 Å². The number of aliphatic hydroxyl groups is 2. The van der Waals surface area contributed by atoms with Crippen molar-refractivity contribution in [3.05, 3.63) is 69.1 Å². The number of terminal acetylenes is 1. The molecule has 0 amide bonds. The quantitative estimate of drug-likeness (QED) is 0.447. The zero-order valence-electron chi connectivity index (χ0n) is 19.5. The third-order valence-electron chi connectivity index (χ3n) is 4.08. The normalized spacial score (nSPS) is 9.97. The van der Waals surface area contributed by atoms with Crippen molar-refractivity contribution in [3.8, 4) is 24.0 Å². The molecule has 1 heterocycles. The van der Waals surface area contributed by atoms with Crippen LogP contribution in [0.5, 0.6) is 0 Å². The summed E-state index contributed by atoms with van der Waals surface area (Å²) in [5, 5.41) is 17.7. The van der Waals surface area contributed by atoms with E-state index < -0.39 is 5.60 Å². The fourth-order valence-corrected chi connectivity index (χ4v) is 3.06. The second kappa shape index (κ2) is 13.5. The molecule has 0 fully saturated rings. The smallest absolute Gasteiger partial charge is 0.258 e. The lowest BCUT2D eigenvalue weighted by molar-refractivity contribution is -0.107. The minimum absolute atomic E-state index is 0.0884. The van der Waals surface area contributed by atoms with Crippen LogP contribution in [0.15, 0.2) is 47.3 Å². The Labute approximate surface area is 195 Å². The van der Waals surface area contributed by atoms with E-state index in [-0.39, 0.29) is 12.0 Å². The maximum absolute atomic E-state index is 12.6. The summed E-state index contributed by atoms with van der Waals surface area (Å²) in [6.07, 6.45) is 9.02. The van der Waals surface area contributed by atoms with E-state index in [2.05, 4.69) is 12.8 Å². The van der Waals surface area contributed by atoms with E-state index in [0.29, 0.717) is 16.1 Å². The van der Waals surface area contributed by atoms with Gasteiger partial charge in [-0.25, -0.2) is 0 Å². The van der Waals surface area contributed by atoms with Crippen molar-refractivity contribution in [2.45, 2.75) is 39.7 Å². The minimum Gasteiger partial charge on any atom is -0.400 e. The molecule has 0 radical (unpaired) electrons. The molecule has 0 saturated carbocycles. The number of hydrogen-bond acceptors (Lipinski definition) is 4. The molecule has 2 aromatic carbocycles. The first-order valence-electron chi connectivity index (χ1n) is 9.85. The monoisotopic (exact) mass is 457 g/mol. The third-order valence-corrected chi connectivity index (χ3v) is 4.33. The summed E-state index contributed by atoms with van der Waals surface area (Å²) in [6, 6.07) is 13.2. The number of aryl methyl sites for hydroxylation is 1. The molecule has 3 rings (SSSR count). The van der Waals surface area contributed by atoms with E-state index in [1.165, 1.54) is 0 Å². The van der Waals surface area contributed by atoms with Gasteiger partial charge in [-0.3, -0.25) is 4.79 Å². The molecule has 172 valence electrons. The van der Waals surface area contributed by atoms with Crippen molar-refractivity contribution in [2.24, 2.45) is 7.05 Å². The Hall–Kier alpha value is -2.91. The van der Waals surface area contributed by atoms with Gasteiger partial charge in [-0.05, 0) is 56.8 Å². The number of benzene rings is 2. The van der Waals surface area contributed by atoms with Crippen LogP contribution in [0.3, 0.4) is 0 Å². The van der Waals surface area contributed by atoms with E-state index in [1.807, 2.05) is 49.4 Å². The van der Waals surface area contributed by atoms with E-state index in [4.69, 9.17) is 21.8 Å². The average molecular weight is 458 g/mol. The Kier molecular flexibility index (Phi) is 12.3. The van der Waals surface area contributed by atoms with Crippen LogP contribution in [0, 0.1) is 19.8 Å². The highest BCUT2D eigenvalue weighted by atomic mass is 35.5. The van der Waals surface area contributed by atoms with Gasteiger partial charge in [0, 0.05) is 42.2 Å². The summed E-state index contributed by atoms with van der Waals surface area (Å²) in [4.78, 5) is 23.7. The number of rotatable bonds is 3. The van der Waals surface area contributed by atoms with Crippen LogP contribution < -0.4 is 5.56 Å². The Morgan fingerprint density at radius 1 is 1.03 bits per heavy atom. The largest absolute Gasteiger partial charge is 0.400 e. The Morgan fingerprint density at radius 2 is 1.53 bits per heavy atom. The number of halogens is 1. The second-order valence-electron chi connectivity index (χ2n) is 7.78. The lowest BCUT2D eigenvalue weighted by Gasteiger charge is -2.16. The molecule has 0 unspecified atom stereocenters. The van der Waals surface area contributed by atoms with Gasteiger partial charge in [0.25, 0.3) is 5.56 Å². The van der Waals surface area contributed by atoms with E-state index in [1.54, 1.807) is 32.4 Å². The third kappa shape index (κ3) is 8.32. The van der Waals surface area contributed by atoms with Crippen LogP contribution in [-0.2, 0) is 18.3 Å². The first-order valence-corrected chi connectivity index (χ1v) is 10.2. The highest BCUT2D eigenvalue weighted by molar-refractivity contribution is 6.30. The van der Waals surface area contributed by atoms with Crippen LogP contribution in [-0.4, -0.2) is 33.8 Å². The fraction of sp³-hybridized carbons (Fsp3) is 0.308. The molecule has 6 heteroatoms. The number of hydrogen-bond donors (Lipinski definition) is 2. The number of aromatic nitrogens is 1. The number of pyridine rings is 1. The van der Waals surface area contributed by atoms with Crippen molar-refractivity contribution >= 4 is 28.7 Å². The molecule has 0 bridgehead atoms. The topological polar surface area (TPSA) is 79.5 Å². The Morgan fingerprint density at radius 3 is 2.00 bits per heavy atom. The lowest BCUT2D eigenvalue weighted by atomic mass is 9.95. The van der Waals surface area contributed by atoms with Gasteiger partial charge in [0.1, 0.15) is 6.29 Å². The van der Waals surface area contributed by atoms with Gasteiger partial charge in [-0.1, -0.05) is 41.4 Å². The molecule has 1 aromatic heterocycles. The number of fused-ring (bicyclic) bond motifs is 1. The van der Waals surface area contributed by atoms with Gasteiger partial charge in [0.05, 0.1) is 5.60 Å². The average Bonchev–Trinajstić information content (AvgIpc) is 2.75. The predicted octanol–water partition coefficient (Wildman–Crippen LogP) is 4.54. The van der Waals surface area contributed by atoms with Gasteiger partial charge < -0.3 is 19.6 Å². The lowest BCUT2D eigenvalue weighted by Crippen LogP contribution is -2.22. The van der Waals surface area contributed by atoms with Crippen LogP contribution in [0.4, 0.5) is 0 Å². The SMILES string of the molecule is C#C.CC(C)(C)O.CO.Cc1ccc2c(=O)n(C)c(CC=O)c(-c3ccc(Cl)cc3)c2c1. The molecule has 0 atom stereocenters. The molecule has 0 saturated heterocycles. The fourth-order valence-electron chi connectivity index (χ4n) is 2.93. The molecule has 0 aliphatic heterocycles. The number of aliphatic hydroxyl groups excluding tert-OH is 1. The first-order chi connectivity index (χ1) is 15.0. The van der Waals surface area contributed by atoms with Gasteiger partial charge >= 0.3 is 0 Å². The van der Waals surface area contributed by atoms with Crippen molar-refractivity contribution in [1.82, 2.24) is 4.57 Å². The minimum atomic E-state index is -0.500. The number of nitrogens with zero attached hydrogens (tertiary/aromatic N) is 1. The summed E-state index contributed by atoms with van der Waals surface area (Å²) in [6.45, 7) is 7.22. The maximum atomic E-state index is 12.6. The van der Waals surface area contributed by atoms with E-state index >= 15 is 0 Å². The van der Waals surface area contributed by atoms with E-state index in [9.17, 15) is 9.59 Å². The Balaban J connectivity index is 0.000000928. The highest BCUT2D eigenvalue weighted by Gasteiger charge is 2.16. The van der Waals surface area contributed by atoms with Gasteiger partial charge in [-0.15, -0.1) is 12.8 Å².